The average Bonchev–Trinajstić information content (AvgIpc) is 3.54. The predicted molar refractivity (Wildman–Crippen MR) is 380 cm³/mol. The highest BCUT2D eigenvalue weighted by Gasteiger charge is 2.20. The van der Waals surface area contributed by atoms with Crippen LogP contribution in [0, 0.1) is 0 Å². The first-order valence-electron chi connectivity index (χ1n) is 39.6. The molecule has 0 saturated heterocycles. The predicted octanol–water partition coefficient (Wildman–Crippen LogP) is 26.0. The van der Waals surface area contributed by atoms with Gasteiger partial charge in [-0.3, -0.25) is 9.59 Å². The fourth-order valence-electron chi connectivity index (χ4n) is 12.7. The number of hydrogen-bond acceptors (Lipinski definition) is 5. The number of allylic oxidation sites excluding steroid dienone is 4. The van der Waals surface area contributed by atoms with Crippen LogP contribution in [-0.4, -0.2) is 47.4 Å². The Balaban J connectivity index is 3.37. The van der Waals surface area contributed by atoms with Crippen molar-refractivity contribution in [1.29, 1.82) is 0 Å². The molecule has 0 aromatic carbocycles. The minimum absolute atomic E-state index is 0.0191. The second kappa shape index (κ2) is 75.8. The third-order valence-electron chi connectivity index (χ3n) is 18.8. The number of nitrogens with one attached hydrogen (secondary N) is 1. The van der Waals surface area contributed by atoms with E-state index in [0.717, 1.165) is 44.9 Å². The average molecular weight is 1210 g/mol. The van der Waals surface area contributed by atoms with Crippen LogP contribution in [0.25, 0.3) is 0 Å². The fraction of sp³-hybridized carbons (Fsp3) is 0.925. The molecule has 510 valence electrons. The Morgan fingerprint density at radius 2 is 0.581 bits per heavy atom. The summed E-state index contributed by atoms with van der Waals surface area (Å²) in [6, 6.07) is -0.542. The van der Waals surface area contributed by atoms with E-state index in [4.69, 9.17) is 4.74 Å². The van der Waals surface area contributed by atoms with Crippen LogP contribution in [0.15, 0.2) is 24.3 Å². The minimum Gasteiger partial charge on any atom is -0.466 e. The number of ether oxygens (including phenoxy) is 1. The molecule has 6 nitrogen and oxygen atoms in total. The van der Waals surface area contributed by atoms with Crippen molar-refractivity contribution < 1.29 is 24.5 Å². The first-order valence-corrected chi connectivity index (χ1v) is 39.6. The van der Waals surface area contributed by atoms with Gasteiger partial charge < -0.3 is 20.3 Å². The molecule has 86 heavy (non-hydrogen) atoms. The highest BCUT2D eigenvalue weighted by molar-refractivity contribution is 5.76. The highest BCUT2D eigenvalue weighted by atomic mass is 16.5. The zero-order valence-corrected chi connectivity index (χ0v) is 58.6. The Morgan fingerprint density at radius 3 is 0.884 bits per heavy atom. The van der Waals surface area contributed by atoms with Crippen molar-refractivity contribution in [2.24, 2.45) is 0 Å². The third-order valence-corrected chi connectivity index (χ3v) is 18.8. The second-order valence-corrected chi connectivity index (χ2v) is 27.4. The Labute approximate surface area is 539 Å². The van der Waals surface area contributed by atoms with Gasteiger partial charge in [-0.1, -0.05) is 404 Å². The summed E-state index contributed by atoms with van der Waals surface area (Å²) in [4.78, 5) is 24.7. The molecule has 0 aromatic heterocycles. The molecule has 0 fully saturated rings. The Hall–Kier alpha value is -1.66. The van der Waals surface area contributed by atoms with Gasteiger partial charge in [-0.25, -0.2) is 0 Å². The van der Waals surface area contributed by atoms with Crippen molar-refractivity contribution in [3.05, 3.63) is 24.3 Å². The van der Waals surface area contributed by atoms with Gasteiger partial charge in [-0.2, -0.15) is 0 Å². The topological polar surface area (TPSA) is 95.9 Å². The molecule has 0 aromatic rings. The number of esters is 1. The molecule has 3 N–H and O–H groups in total. The highest BCUT2D eigenvalue weighted by Crippen LogP contribution is 2.20. The van der Waals surface area contributed by atoms with Gasteiger partial charge in [0.15, 0.2) is 0 Å². The zero-order chi connectivity index (χ0) is 62.0. The molecule has 6 heteroatoms. The van der Waals surface area contributed by atoms with Crippen LogP contribution in [0.3, 0.4) is 0 Å². The molecule has 0 radical (unpaired) electrons. The van der Waals surface area contributed by atoms with Gasteiger partial charge in [-0.15, -0.1) is 0 Å². The van der Waals surface area contributed by atoms with Crippen molar-refractivity contribution in [3.8, 4) is 0 Å². The molecule has 0 aliphatic carbocycles. The molecule has 0 spiro atoms. The summed E-state index contributed by atoms with van der Waals surface area (Å²) in [5.74, 6) is -0.0106. The van der Waals surface area contributed by atoms with E-state index >= 15 is 0 Å². The lowest BCUT2D eigenvalue weighted by Crippen LogP contribution is -2.45. The largest absolute Gasteiger partial charge is 0.466 e. The van der Waals surface area contributed by atoms with Crippen LogP contribution >= 0.6 is 0 Å². The molecule has 2 unspecified atom stereocenters. The number of aliphatic hydroxyl groups is 2. The van der Waals surface area contributed by atoms with E-state index in [0.29, 0.717) is 25.9 Å². The van der Waals surface area contributed by atoms with Gasteiger partial charge in [0.25, 0.3) is 0 Å². The normalized spacial score (nSPS) is 12.6. The Morgan fingerprint density at radius 1 is 0.326 bits per heavy atom. The van der Waals surface area contributed by atoms with Gasteiger partial charge in [-0.05, 0) is 57.8 Å². The van der Waals surface area contributed by atoms with E-state index in [1.54, 1.807) is 0 Å². The van der Waals surface area contributed by atoms with E-state index in [1.165, 1.54) is 372 Å². The lowest BCUT2D eigenvalue weighted by atomic mass is 10.0. The van der Waals surface area contributed by atoms with Crippen molar-refractivity contribution in [2.75, 3.05) is 13.2 Å². The van der Waals surface area contributed by atoms with E-state index in [1.807, 2.05) is 0 Å². The molecule has 0 aliphatic rings. The molecule has 0 rings (SSSR count). The minimum atomic E-state index is -0.665. The molecule has 0 aliphatic heterocycles. The molecule has 1 amide bonds. The monoisotopic (exact) mass is 1210 g/mol. The summed E-state index contributed by atoms with van der Waals surface area (Å²) in [6.07, 6.45) is 96.9. The maximum atomic E-state index is 12.6. The summed E-state index contributed by atoms with van der Waals surface area (Å²) in [6.45, 7) is 5.01. The number of unbranched alkanes of at least 4 members (excludes halogenated alkanes) is 60. The van der Waals surface area contributed by atoms with Crippen LogP contribution < -0.4 is 5.32 Å². The van der Waals surface area contributed by atoms with Gasteiger partial charge in [0, 0.05) is 12.8 Å². The maximum absolute atomic E-state index is 12.6. The SMILES string of the molecule is CCCCCCCCCCCCCCCCCCCCCC(=O)OCCCCCCCCCCC/C=C\C/C=C\CCCCCCCCCCCCCCCCCC(=O)NC(CO)C(O)CCCCCCCCCCCCCCCCCCCCC. The molecule has 0 heterocycles. The van der Waals surface area contributed by atoms with Crippen molar-refractivity contribution in [3.63, 3.8) is 0 Å². The van der Waals surface area contributed by atoms with Crippen LogP contribution in [0.2, 0.25) is 0 Å². The van der Waals surface area contributed by atoms with Crippen LogP contribution in [0.1, 0.15) is 450 Å². The zero-order valence-electron chi connectivity index (χ0n) is 58.6. The van der Waals surface area contributed by atoms with Crippen LogP contribution in [0.4, 0.5) is 0 Å². The van der Waals surface area contributed by atoms with E-state index < -0.39 is 12.1 Å². The Bertz CT molecular complexity index is 1350. The van der Waals surface area contributed by atoms with Crippen LogP contribution in [-0.2, 0) is 14.3 Å². The van der Waals surface area contributed by atoms with Crippen molar-refractivity contribution in [2.45, 2.75) is 463 Å². The molecular formula is C80H155NO5. The maximum Gasteiger partial charge on any atom is 0.305 e. The smallest absolute Gasteiger partial charge is 0.305 e. The van der Waals surface area contributed by atoms with Crippen molar-refractivity contribution in [1.82, 2.24) is 5.32 Å². The number of carbonyl (C=O) groups excluding carboxylic acids is 2. The fourth-order valence-corrected chi connectivity index (χ4v) is 12.7. The van der Waals surface area contributed by atoms with Crippen molar-refractivity contribution >= 4 is 11.9 Å². The lowest BCUT2D eigenvalue weighted by molar-refractivity contribution is -0.143. The molecule has 0 bridgehead atoms. The summed E-state index contributed by atoms with van der Waals surface area (Å²) >= 11 is 0. The summed E-state index contributed by atoms with van der Waals surface area (Å²) in [5, 5.41) is 23.4. The quantitative estimate of drug-likeness (QED) is 0.0320. The standard InChI is InChI=1S/C80H155NO5/c1-3-5-7-9-11-13-15-17-19-21-36-40-44-48-52-56-60-64-68-72-78(83)77(76-82)81-79(84)73-69-65-61-57-53-49-45-41-38-34-32-30-28-26-24-23-25-27-29-31-33-35-39-43-47-51-55-59-63-67-71-75-86-80(85)74-70-66-62-58-54-50-46-42-37-22-20-18-16-14-12-10-8-6-4-2/h25,27,31,33,77-78,82-83H,3-24,26,28-30,32,34-76H2,1-2H3,(H,81,84)/b27-25-,33-31-. The third kappa shape index (κ3) is 71.4. The van der Waals surface area contributed by atoms with Crippen LogP contribution in [0.5, 0.6) is 0 Å². The van der Waals surface area contributed by atoms with Gasteiger partial charge in [0.05, 0.1) is 25.4 Å². The summed E-state index contributed by atoms with van der Waals surface area (Å²) in [5.41, 5.74) is 0. The number of amides is 1. The van der Waals surface area contributed by atoms with E-state index in [-0.39, 0.29) is 18.5 Å². The molecular weight excluding hydrogens is 1050 g/mol. The van der Waals surface area contributed by atoms with E-state index in [9.17, 15) is 19.8 Å². The lowest BCUT2D eigenvalue weighted by Gasteiger charge is -2.22. The first-order chi connectivity index (χ1) is 42.5. The number of rotatable bonds is 75. The molecule has 2 atom stereocenters. The van der Waals surface area contributed by atoms with E-state index in [2.05, 4.69) is 43.5 Å². The number of carbonyl (C=O) groups is 2. The molecule has 0 saturated carbocycles. The number of hydrogen-bond donors (Lipinski definition) is 3. The second-order valence-electron chi connectivity index (χ2n) is 27.4. The Kier molecular flexibility index (Phi) is 74.3. The summed E-state index contributed by atoms with van der Waals surface area (Å²) < 4.78 is 5.51. The van der Waals surface area contributed by atoms with Gasteiger partial charge in [0.2, 0.25) is 5.91 Å². The van der Waals surface area contributed by atoms with Gasteiger partial charge in [0.1, 0.15) is 0 Å². The number of aliphatic hydroxyl groups excluding tert-OH is 2. The summed E-state index contributed by atoms with van der Waals surface area (Å²) in [7, 11) is 0. The first kappa shape index (κ1) is 84.3. The van der Waals surface area contributed by atoms with Gasteiger partial charge >= 0.3 is 5.97 Å².